The lowest BCUT2D eigenvalue weighted by atomic mass is 10.2. The molecule has 0 aliphatic rings. The Kier molecular flexibility index (Phi) is 25.7. The fourth-order valence-corrected chi connectivity index (χ4v) is 0.959. The molecule has 108 valence electrons. The van der Waals surface area contributed by atoms with Gasteiger partial charge < -0.3 is 0 Å². The second-order valence-corrected chi connectivity index (χ2v) is 3.13. The summed E-state index contributed by atoms with van der Waals surface area (Å²) >= 11 is 0. The van der Waals surface area contributed by atoms with E-state index in [2.05, 4.69) is 49.5 Å². The molecule has 1 heteroatoms. The van der Waals surface area contributed by atoms with E-state index in [9.17, 15) is 0 Å². The van der Waals surface area contributed by atoms with Gasteiger partial charge in [-0.3, -0.25) is 4.99 Å². The SMILES string of the molecule is C=C/C=C\C.C=NCc1ccc(C)cc1.CC.CC. The van der Waals surface area contributed by atoms with Gasteiger partial charge >= 0.3 is 0 Å². The van der Waals surface area contributed by atoms with Crippen LogP contribution in [-0.2, 0) is 6.54 Å². The van der Waals surface area contributed by atoms with Gasteiger partial charge in [0, 0.05) is 0 Å². The third-order valence-corrected chi connectivity index (χ3v) is 1.74. The molecule has 0 unspecified atom stereocenters. The Morgan fingerprint density at radius 1 is 1.05 bits per heavy atom. The van der Waals surface area contributed by atoms with Gasteiger partial charge in [0.05, 0.1) is 6.54 Å². The molecular weight excluding hydrogens is 230 g/mol. The number of allylic oxidation sites excluding steroid dienone is 3. The first-order chi connectivity index (χ1) is 9.24. The van der Waals surface area contributed by atoms with Crippen molar-refractivity contribution in [3.05, 3.63) is 60.2 Å². The Balaban J connectivity index is -0.000000242. The fourth-order valence-electron chi connectivity index (χ4n) is 0.959. The zero-order valence-corrected chi connectivity index (χ0v) is 13.6. The summed E-state index contributed by atoms with van der Waals surface area (Å²) in [5.41, 5.74) is 2.51. The van der Waals surface area contributed by atoms with Gasteiger partial charge in [-0.1, -0.05) is 82.3 Å². The Labute approximate surface area is 120 Å². The topological polar surface area (TPSA) is 12.4 Å². The molecule has 0 spiro atoms. The summed E-state index contributed by atoms with van der Waals surface area (Å²) in [6.45, 7) is 19.6. The summed E-state index contributed by atoms with van der Waals surface area (Å²) in [5, 5.41) is 0. The van der Waals surface area contributed by atoms with Crippen molar-refractivity contribution in [2.24, 2.45) is 4.99 Å². The highest BCUT2D eigenvalue weighted by Crippen LogP contribution is 2.03. The molecule has 0 aliphatic carbocycles. The largest absolute Gasteiger partial charge is 0.296 e. The molecule has 0 aliphatic heterocycles. The van der Waals surface area contributed by atoms with E-state index in [1.54, 1.807) is 6.08 Å². The van der Waals surface area contributed by atoms with Gasteiger partial charge in [-0.2, -0.15) is 0 Å². The number of rotatable bonds is 3. The van der Waals surface area contributed by atoms with Crippen LogP contribution in [0.3, 0.4) is 0 Å². The fraction of sp³-hybridized carbons (Fsp3) is 0.389. The monoisotopic (exact) mass is 261 g/mol. The summed E-state index contributed by atoms with van der Waals surface area (Å²) in [6.07, 6.45) is 5.58. The van der Waals surface area contributed by atoms with Crippen LogP contribution in [0.1, 0.15) is 45.7 Å². The van der Waals surface area contributed by atoms with Gasteiger partial charge in [0.1, 0.15) is 0 Å². The Morgan fingerprint density at radius 3 is 1.79 bits per heavy atom. The number of hydrogen-bond donors (Lipinski definition) is 0. The highest BCUT2D eigenvalue weighted by Gasteiger charge is 1.86. The molecule has 1 aromatic rings. The van der Waals surface area contributed by atoms with E-state index in [1.807, 2.05) is 46.8 Å². The van der Waals surface area contributed by atoms with Gasteiger partial charge in [0.25, 0.3) is 0 Å². The molecule has 19 heavy (non-hydrogen) atoms. The van der Waals surface area contributed by atoms with Crippen LogP contribution in [0.25, 0.3) is 0 Å². The van der Waals surface area contributed by atoms with Gasteiger partial charge in [-0.05, 0) is 26.1 Å². The summed E-state index contributed by atoms with van der Waals surface area (Å²) in [4.78, 5) is 3.79. The van der Waals surface area contributed by atoms with Crippen LogP contribution in [-0.4, -0.2) is 6.72 Å². The van der Waals surface area contributed by atoms with Crippen molar-refractivity contribution >= 4 is 6.72 Å². The van der Waals surface area contributed by atoms with Crippen LogP contribution in [0.2, 0.25) is 0 Å². The molecule has 1 nitrogen and oxygen atoms in total. The van der Waals surface area contributed by atoms with Crippen molar-refractivity contribution < 1.29 is 0 Å². The van der Waals surface area contributed by atoms with Gasteiger partial charge in [0.2, 0.25) is 0 Å². The van der Waals surface area contributed by atoms with Crippen molar-refractivity contribution in [1.82, 2.24) is 0 Å². The van der Waals surface area contributed by atoms with Crippen molar-refractivity contribution in [1.29, 1.82) is 0 Å². The first-order valence-electron chi connectivity index (χ1n) is 6.96. The zero-order valence-electron chi connectivity index (χ0n) is 13.6. The zero-order chi connectivity index (χ0) is 15.5. The molecule has 0 heterocycles. The van der Waals surface area contributed by atoms with Crippen LogP contribution in [0.4, 0.5) is 0 Å². The van der Waals surface area contributed by atoms with E-state index in [-0.39, 0.29) is 0 Å². The van der Waals surface area contributed by atoms with Gasteiger partial charge in [-0.15, -0.1) is 0 Å². The van der Waals surface area contributed by atoms with E-state index in [1.165, 1.54) is 11.1 Å². The van der Waals surface area contributed by atoms with Gasteiger partial charge in [0.15, 0.2) is 0 Å². The Morgan fingerprint density at radius 2 is 1.53 bits per heavy atom. The number of aliphatic imine (C=N–C) groups is 1. The molecule has 1 aromatic carbocycles. The Hall–Kier alpha value is -1.63. The lowest BCUT2D eigenvalue weighted by molar-refractivity contribution is 1.08. The minimum Gasteiger partial charge on any atom is -0.296 e. The molecule has 0 aromatic heterocycles. The van der Waals surface area contributed by atoms with Crippen LogP contribution < -0.4 is 0 Å². The number of hydrogen-bond acceptors (Lipinski definition) is 1. The first-order valence-corrected chi connectivity index (χ1v) is 6.96. The maximum atomic E-state index is 3.79. The third-order valence-electron chi connectivity index (χ3n) is 1.74. The molecule has 0 saturated heterocycles. The van der Waals surface area contributed by atoms with Crippen molar-refractivity contribution in [2.75, 3.05) is 0 Å². The van der Waals surface area contributed by atoms with E-state index in [0.29, 0.717) is 0 Å². The van der Waals surface area contributed by atoms with E-state index in [0.717, 1.165) is 6.54 Å². The minimum atomic E-state index is 0.722. The average molecular weight is 261 g/mol. The van der Waals surface area contributed by atoms with E-state index < -0.39 is 0 Å². The summed E-state index contributed by atoms with van der Waals surface area (Å²) in [6, 6.07) is 8.31. The van der Waals surface area contributed by atoms with Crippen molar-refractivity contribution in [3.63, 3.8) is 0 Å². The number of aryl methyl sites for hydroxylation is 1. The lowest BCUT2D eigenvalue weighted by Gasteiger charge is -1.95. The predicted octanol–water partition coefficient (Wildman–Crippen LogP) is 6.00. The predicted molar refractivity (Wildman–Crippen MR) is 92.1 cm³/mol. The molecular formula is C18H31N. The van der Waals surface area contributed by atoms with Gasteiger partial charge in [-0.25, -0.2) is 0 Å². The second-order valence-electron chi connectivity index (χ2n) is 3.13. The maximum absolute atomic E-state index is 3.79. The number of benzene rings is 1. The van der Waals surface area contributed by atoms with Crippen molar-refractivity contribution in [2.45, 2.75) is 48.1 Å². The highest BCUT2D eigenvalue weighted by molar-refractivity contribution is 5.26. The maximum Gasteiger partial charge on any atom is 0.0632 e. The lowest BCUT2D eigenvalue weighted by Crippen LogP contribution is -1.79. The minimum absolute atomic E-state index is 0.722. The number of nitrogens with zero attached hydrogens (tertiary/aromatic N) is 1. The molecule has 0 amide bonds. The van der Waals surface area contributed by atoms with Crippen molar-refractivity contribution in [3.8, 4) is 0 Å². The molecule has 0 bridgehead atoms. The Bertz CT molecular complexity index is 307. The molecule has 0 saturated carbocycles. The summed E-state index contributed by atoms with van der Waals surface area (Å²) in [5.74, 6) is 0. The molecule has 0 N–H and O–H groups in total. The molecule has 0 fully saturated rings. The third kappa shape index (κ3) is 18.9. The van der Waals surface area contributed by atoms with Crippen LogP contribution in [0, 0.1) is 6.92 Å². The molecule has 0 atom stereocenters. The van der Waals surface area contributed by atoms with E-state index in [4.69, 9.17) is 0 Å². The smallest absolute Gasteiger partial charge is 0.0632 e. The summed E-state index contributed by atoms with van der Waals surface area (Å²) in [7, 11) is 0. The first kappa shape index (κ1) is 22.5. The van der Waals surface area contributed by atoms with Crippen LogP contribution in [0.15, 0.2) is 54.1 Å². The standard InChI is InChI=1S/C9H11N.C5H8.2C2H6/c1-8-3-5-9(6-4-8)7-10-2;1-3-5-4-2;2*1-2/h3-6H,2,7H2,1H3;3-5H,1H2,2H3;2*1-2H3/b;5-4-;;. The van der Waals surface area contributed by atoms with Crippen LogP contribution in [0.5, 0.6) is 0 Å². The van der Waals surface area contributed by atoms with E-state index >= 15 is 0 Å². The highest BCUT2D eigenvalue weighted by atomic mass is 14.7. The molecule has 0 radical (unpaired) electrons. The quantitative estimate of drug-likeness (QED) is 0.467. The average Bonchev–Trinajstić information content (AvgIpc) is 2.48. The normalized spacial score (nSPS) is 7.89. The summed E-state index contributed by atoms with van der Waals surface area (Å²) < 4.78 is 0. The second kappa shape index (κ2) is 21.6. The molecule has 1 rings (SSSR count). The van der Waals surface area contributed by atoms with Crippen LogP contribution >= 0.6 is 0 Å².